The summed E-state index contributed by atoms with van der Waals surface area (Å²) in [5, 5.41) is 7.60. The number of carboxylic acid groups (broad SMARTS) is 1. The fraction of sp³-hybridized carbons (Fsp3) is 0. The van der Waals surface area contributed by atoms with Gasteiger partial charge in [0, 0.05) is 4.90 Å². The van der Waals surface area contributed by atoms with E-state index < -0.39 is 16.2 Å². The molecular weight excluding hydrogens is 200 g/mol. The van der Waals surface area contributed by atoms with Gasteiger partial charge in [0.05, 0.1) is 0 Å². The van der Waals surface area contributed by atoms with Gasteiger partial charge < -0.3 is 5.11 Å². The van der Waals surface area contributed by atoms with Crippen LogP contribution in [0.25, 0.3) is 6.08 Å². The Kier molecular flexibility index (Phi) is 2.13. The van der Waals surface area contributed by atoms with Gasteiger partial charge in [0.2, 0.25) is 5.12 Å². The molecule has 0 saturated carbocycles. The molecule has 0 aromatic heterocycles. The summed E-state index contributed by atoms with van der Waals surface area (Å²) in [5.74, 6) is 0. The van der Waals surface area contributed by atoms with Crippen molar-refractivity contribution in [1.82, 2.24) is 0 Å². The maximum atomic E-state index is 11.4. The van der Waals surface area contributed by atoms with Crippen LogP contribution in [0.15, 0.2) is 35.2 Å². The van der Waals surface area contributed by atoms with Crippen molar-refractivity contribution < 1.29 is 14.7 Å². The number of benzene rings is 1. The smallest absolute Gasteiger partial charge is 0.355 e. The second-order valence-corrected chi connectivity index (χ2v) is 4.82. The number of hydrogen-bond donors (Lipinski definition) is 2. The molecule has 3 nitrogen and oxygen atoms in total. The van der Waals surface area contributed by atoms with E-state index in [4.69, 9.17) is 5.11 Å². The molecule has 2 rings (SSSR count). The van der Waals surface area contributed by atoms with Crippen LogP contribution in [0.2, 0.25) is 0 Å². The average molecular weight is 208 g/mol. The van der Waals surface area contributed by atoms with E-state index in [0.717, 1.165) is 5.56 Å². The molecule has 1 aromatic carbocycles. The van der Waals surface area contributed by atoms with Crippen molar-refractivity contribution in [3.05, 3.63) is 35.9 Å². The Morgan fingerprint density at radius 1 is 1.21 bits per heavy atom. The minimum atomic E-state index is -1.72. The van der Waals surface area contributed by atoms with Crippen molar-refractivity contribution in [2.45, 2.75) is 4.90 Å². The van der Waals surface area contributed by atoms with Gasteiger partial charge in [0.1, 0.15) is 0 Å². The molecule has 1 N–H and O–H groups in total. The van der Waals surface area contributed by atoms with Crippen molar-refractivity contribution in [1.29, 1.82) is 0 Å². The number of rotatable bonds is 0. The topological polar surface area (TPSA) is 54.4 Å². The van der Waals surface area contributed by atoms with Gasteiger partial charge in [0.15, 0.2) is 0 Å². The lowest BCUT2D eigenvalue weighted by Gasteiger charge is -2.19. The van der Waals surface area contributed by atoms with Gasteiger partial charge in [-0.2, -0.15) is 0 Å². The Hall–Kier alpha value is -1.55. The zero-order chi connectivity index (χ0) is 10.1. The average Bonchev–Trinajstić information content (AvgIpc) is 2.17. The molecule has 1 aliphatic heterocycles. The molecule has 0 saturated heterocycles. The Morgan fingerprint density at radius 2 is 1.93 bits per heavy atom. The number of fused-ring (bicyclic) bond motifs is 1. The van der Waals surface area contributed by atoms with Crippen LogP contribution in [0, 0.1) is 0 Å². The van der Waals surface area contributed by atoms with E-state index in [9.17, 15) is 9.59 Å². The molecule has 1 unspecified atom stereocenters. The van der Waals surface area contributed by atoms with E-state index >= 15 is 0 Å². The lowest BCUT2D eigenvalue weighted by Crippen LogP contribution is -2.09. The maximum Gasteiger partial charge on any atom is 0.355 e. The van der Waals surface area contributed by atoms with Gasteiger partial charge in [-0.15, -0.1) is 0 Å². The molecule has 4 heteroatoms. The minimum absolute atomic E-state index is 0.300. The van der Waals surface area contributed by atoms with Crippen LogP contribution in [0.3, 0.4) is 0 Å². The van der Waals surface area contributed by atoms with Gasteiger partial charge in [-0.05, 0) is 23.8 Å². The number of hydrogen-bond acceptors (Lipinski definition) is 2. The van der Waals surface area contributed by atoms with E-state index in [2.05, 4.69) is 0 Å². The van der Waals surface area contributed by atoms with Gasteiger partial charge in [-0.1, -0.05) is 29.1 Å². The summed E-state index contributed by atoms with van der Waals surface area (Å²) in [4.78, 5) is 22.9. The van der Waals surface area contributed by atoms with Crippen LogP contribution < -0.4 is 0 Å². The third-order valence-corrected chi connectivity index (χ3v) is 3.86. The molecule has 0 spiro atoms. The zero-order valence-corrected chi connectivity index (χ0v) is 8.07. The van der Waals surface area contributed by atoms with Crippen LogP contribution in [0.5, 0.6) is 0 Å². The predicted octanol–water partition coefficient (Wildman–Crippen LogP) is 2.28. The third-order valence-electron chi connectivity index (χ3n) is 1.99. The summed E-state index contributed by atoms with van der Waals surface area (Å²) >= 11 is 0. The fourth-order valence-corrected chi connectivity index (χ4v) is 2.88. The van der Waals surface area contributed by atoms with E-state index in [-0.39, 0.29) is 5.12 Å². The molecule has 1 atom stereocenters. The SMILES string of the molecule is O=C(O)[SH]1C(=O)C=Cc2ccccc21. The highest BCUT2D eigenvalue weighted by atomic mass is 32.2. The minimum Gasteiger partial charge on any atom is -0.474 e. The van der Waals surface area contributed by atoms with E-state index in [1.165, 1.54) is 6.08 Å². The van der Waals surface area contributed by atoms with Crippen molar-refractivity contribution in [2.75, 3.05) is 0 Å². The van der Waals surface area contributed by atoms with Crippen LogP contribution >= 0.6 is 10.9 Å². The third kappa shape index (κ3) is 1.33. The molecule has 0 bridgehead atoms. The Bertz CT molecular complexity index is 437. The number of carbonyl (C=O) groups is 2. The van der Waals surface area contributed by atoms with Crippen LogP contribution in [0.4, 0.5) is 4.79 Å². The monoisotopic (exact) mass is 208 g/mol. The normalized spacial score (nSPS) is 21.7. The number of thiol groups is 1. The van der Waals surface area contributed by atoms with Crippen LogP contribution in [-0.4, -0.2) is 15.5 Å². The van der Waals surface area contributed by atoms with E-state index in [1.807, 2.05) is 12.1 Å². The first-order valence-electron chi connectivity index (χ1n) is 4.04. The van der Waals surface area contributed by atoms with Crippen molar-refractivity contribution in [2.24, 2.45) is 0 Å². The second-order valence-electron chi connectivity index (χ2n) is 2.85. The van der Waals surface area contributed by atoms with Gasteiger partial charge in [-0.25, -0.2) is 4.79 Å². The molecule has 0 fully saturated rings. The molecule has 14 heavy (non-hydrogen) atoms. The summed E-state index contributed by atoms with van der Waals surface area (Å²) in [5.41, 5.74) is 0.834. The van der Waals surface area contributed by atoms with Crippen LogP contribution in [-0.2, 0) is 4.79 Å². The van der Waals surface area contributed by atoms with E-state index in [0.29, 0.717) is 4.90 Å². The Morgan fingerprint density at radius 3 is 2.64 bits per heavy atom. The first-order valence-corrected chi connectivity index (χ1v) is 5.38. The summed E-state index contributed by atoms with van der Waals surface area (Å²) in [7, 11) is -1.72. The first-order chi connectivity index (χ1) is 6.70. The highest BCUT2D eigenvalue weighted by molar-refractivity contribution is 8.41. The largest absolute Gasteiger partial charge is 0.474 e. The Labute approximate surface area is 83.4 Å². The molecule has 72 valence electrons. The summed E-state index contributed by atoms with van der Waals surface area (Å²) in [6.45, 7) is 0. The lowest BCUT2D eigenvalue weighted by molar-refractivity contribution is -0.107. The molecule has 0 aliphatic carbocycles. The molecule has 1 heterocycles. The standard InChI is InChI=1S/C10H8O3S/c11-9-6-5-7-3-1-2-4-8(7)14(9)10(12)13/h1-6,14H,(H,12,13). The highest BCUT2D eigenvalue weighted by Gasteiger charge is 2.25. The first kappa shape index (κ1) is 9.02. The molecule has 0 radical (unpaired) electrons. The molecule has 1 aromatic rings. The zero-order valence-electron chi connectivity index (χ0n) is 7.18. The van der Waals surface area contributed by atoms with Crippen LogP contribution in [0.1, 0.15) is 5.56 Å². The fourth-order valence-electron chi connectivity index (χ4n) is 1.38. The van der Waals surface area contributed by atoms with Crippen molar-refractivity contribution in [3.63, 3.8) is 0 Å². The summed E-state index contributed by atoms with van der Waals surface area (Å²) in [6, 6.07) is 7.10. The number of carbonyl (C=O) groups excluding carboxylic acids is 1. The quantitative estimate of drug-likeness (QED) is 0.643. The highest BCUT2D eigenvalue weighted by Crippen LogP contribution is 2.43. The summed E-state index contributed by atoms with van der Waals surface area (Å²) in [6.07, 6.45) is 3.02. The Balaban J connectivity index is 2.59. The molecule has 1 aliphatic rings. The maximum absolute atomic E-state index is 11.4. The van der Waals surface area contributed by atoms with Crippen molar-refractivity contribution >= 4 is 27.4 Å². The molecular formula is C10H8O3S. The van der Waals surface area contributed by atoms with Crippen molar-refractivity contribution in [3.8, 4) is 0 Å². The van der Waals surface area contributed by atoms with Gasteiger partial charge >= 0.3 is 5.30 Å². The second kappa shape index (κ2) is 3.31. The van der Waals surface area contributed by atoms with Gasteiger partial charge in [-0.3, -0.25) is 4.79 Å². The summed E-state index contributed by atoms with van der Waals surface area (Å²) < 4.78 is 0. The molecule has 0 amide bonds. The lowest BCUT2D eigenvalue weighted by atomic mass is 10.2. The van der Waals surface area contributed by atoms with E-state index in [1.54, 1.807) is 18.2 Å². The van der Waals surface area contributed by atoms with Gasteiger partial charge in [0.25, 0.3) is 0 Å². The predicted molar refractivity (Wildman–Crippen MR) is 55.8 cm³/mol.